The van der Waals surface area contributed by atoms with Gasteiger partial charge in [0.15, 0.2) is 0 Å². The highest BCUT2D eigenvalue weighted by Crippen LogP contribution is 2.19. The molecule has 0 saturated carbocycles. The van der Waals surface area contributed by atoms with Crippen molar-refractivity contribution in [2.75, 3.05) is 13.2 Å². The van der Waals surface area contributed by atoms with E-state index in [1.165, 1.54) is 0 Å². The number of ether oxygens (including phenoxy) is 1. The Bertz CT molecular complexity index is 619. The molecule has 0 amide bonds. The van der Waals surface area contributed by atoms with Crippen molar-refractivity contribution in [3.05, 3.63) is 29.6 Å². The predicted octanol–water partition coefficient (Wildman–Crippen LogP) is 3.11. The molecule has 1 aromatic carbocycles. The quantitative estimate of drug-likeness (QED) is 0.759. The lowest BCUT2D eigenvalue weighted by atomic mass is 10.2. The molecule has 0 bridgehead atoms. The minimum atomic E-state index is -0.917. The monoisotopic (exact) mass is 290 g/mol. The largest absolute Gasteiger partial charge is 0.478 e. The van der Waals surface area contributed by atoms with Crippen LogP contribution in [0.3, 0.4) is 0 Å². The van der Waals surface area contributed by atoms with Gasteiger partial charge in [0, 0.05) is 26.2 Å². The zero-order valence-electron chi connectivity index (χ0n) is 12.6. The highest BCUT2D eigenvalue weighted by molar-refractivity contribution is 5.92. The Kier molecular flexibility index (Phi) is 5.33. The summed E-state index contributed by atoms with van der Waals surface area (Å²) in [7, 11) is 0. The first kappa shape index (κ1) is 15.5. The second kappa shape index (κ2) is 7.22. The fourth-order valence-electron chi connectivity index (χ4n) is 2.45. The Morgan fingerprint density at radius 3 is 2.86 bits per heavy atom. The standard InChI is InChI=1S/C16H22N2O3/c1-3-6-15-17-13-11-12(16(19)20)7-8-14(13)18(15)9-5-10-21-4-2/h7-8,11H,3-6,9-10H2,1-2H3,(H,19,20). The first-order valence-corrected chi connectivity index (χ1v) is 7.47. The number of fused-ring (bicyclic) bond motifs is 1. The lowest BCUT2D eigenvalue weighted by Crippen LogP contribution is -2.06. The van der Waals surface area contributed by atoms with Crippen molar-refractivity contribution in [3.63, 3.8) is 0 Å². The minimum Gasteiger partial charge on any atom is -0.478 e. The van der Waals surface area contributed by atoms with E-state index in [2.05, 4.69) is 16.5 Å². The molecule has 0 aliphatic heterocycles. The number of carboxylic acids is 1. The third-order valence-corrected chi connectivity index (χ3v) is 3.42. The van der Waals surface area contributed by atoms with Crippen LogP contribution in [-0.2, 0) is 17.7 Å². The number of aromatic carboxylic acids is 1. The smallest absolute Gasteiger partial charge is 0.335 e. The number of hydrogen-bond donors (Lipinski definition) is 1. The zero-order chi connectivity index (χ0) is 15.2. The molecule has 0 aliphatic rings. The summed E-state index contributed by atoms with van der Waals surface area (Å²) >= 11 is 0. The van der Waals surface area contributed by atoms with Crippen LogP contribution in [0.5, 0.6) is 0 Å². The highest BCUT2D eigenvalue weighted by Gasteiger charge is 2.12. The molecule has 2 rings (SSSR count). The van der Waals surface area contributed by atoms with Gasteiger partial charge in [-0.25, -0.2) is 9.78 Å². The van der Waals surface area contributed by atoms with Gasteiger partial charge < -0.3 is 14.4 Å². The maximum absolute atomic E-state index is 11.1. The van der Waals surface area contributed by atoms with Crippen LogP contribution >= 0.6 is 0 Å². The Morgan fingerprint density at radius 2 is 2.19 bits per heavy atom. The van der Waals surface area contributed by atoms with E-state index >= 15 is 0 Å². The molecule has 5 heteroatoms. The van der Waals surface area contributed by atoms with E-state index in [-0.39, 0.29) is 5.56 Å². The maximum Gasteiger partial charge on any atom is 0.335 e. The van der Waals surface area contributed by atoms with Gasteiger partial charge in [0.2, 0.25) is 0 Å². The van der Waals surface area contributed by atoms with Crippen molar-refractivity contribution in [1.82, 2.24) is 9.55 Å². The summed E-state index contributed by atoms with van der Waals surface area (Å²) in [5.74, 6) is 0.103. The van der Waals surface area contributed by atoms with E-state index in [4.69, 9.17) is 9.84 Å². The molecule has 0 saturated heterocycles. The topological polar surface area (TPSA) is 64.3 Å². The number of imidazole rings is 1. The zero-order valence-corrected chi connectivity index (χ0v) is 12.6. The molecule has 21 heavy (non-hydrogen) atoms. The minimum absolute atomic E-state index is 0.282. The van der Waals surface area contributed by atoms with Crippen molar-refractivity contribution in [2.24, 2.45) is 0 Å². The second-order valence-electron chi connectivity index (χ2n) is 4.99. The van der Waals surface area contributed by atoms with Crippen LogP contribution in [0.2, 0.25) is 0 Å². The third-order valence-electron chi connectivity index (χ3n) is 3.42. The average Bonchev–Trinajstić information content (AvgIpc) is 2.81. The van der Waals surface area contributed by atoms with Gasteiger partial charge in [-0.3, -0.25) is 0 Å². The Morgan fingerprint density at radius 1 is 1.38 bits per heavy atom. The van der Waals surface area contributed by atoms with Gasteiger partial charge in [-0.15, -0.1) is 0 Å². The van der Waals surface area contributed by atoms with E-state index in [0.29, 0.717) is 0 Å². The third kappa shape index (κ3) is 3.61. The summed E-state index contributed by atoms with van der Waals surface area (Å²) in [5.41, 5.74) is 2.04. The molecule has 1 N–H and O–H groups in total. The molecule has 114 valence electrons. The van der Waals surface area contributed by atoms with Crippen LogP contribution in [-0.4, -0.2) is 33.8 Å². The molecule has 2 aromatic rings. The van der Waals surface area contributed by atoms with Gasteiger partial charge in [0.05, 0.1) is 16.6 Å². The predicted molar refractivity (Wildman–Crippen MR) is 81.8 cm³/mol. The van der Waals surface area contributed by atoms with Crippen LogP contribution in [0.25, 0.3) is 11.0 Å². The molecule has 1 heterocycles. The Labute approximate surface area is 124 Å². The maximum atomic E-state index is 11.1. The van der Waals surface area contributed by atoms with Crippen LogP contribution < -0.4 is 0 Å². The molecule has 0 radical (unpaired) electrons. The van der Waals surface area contributed by atoms with Crippen molar-refractivity contribution in [2.45, 2.75) is 39.7 Å². The summed E-state index contributed by atoms with van der Waals surface area (Å²) in [6.07, 6.45) is 2.84. The normalized spacial score (nSPS) is 11.1. The van der Waals surface area contributed by atoms with Crippen molar-refractivity contribution in [3.8, 4) is 0 Å². The molecule has 1 aromatic heterocycles. The number of carboxylic acid groups (broad SMARTS) is 1. The Hall–Kier alpha value is -1.88. The highest BCUT2D eigenvalue weighted by atomic mass is 16.5. The van der Waals surface area contributed by atoms with Gasteiger partial charge in [-0.05, 0) is 38.0 Å². The van der Waals surface area contributed by atoms with Crippen molar-refractivity contribution < 1.29 is 14.6 Å². The molecule has 0 aliphatic carbocycles. The van der Waals surface area contributed by atoms with E-state index in [1.807, 2.05) is 13.0 Å². The molecule has 0 unspecified atom stereocenters. The number of aryl methyl sites for hydroxylation is 2. The summed E-state index contributed by atoms with van der Waals surface area (Å²) in [4.78, 5) is 15.7. The number of aromatic nitrogens is 2. The van der Waals surface area contributed by atoms with Crippen LogP contribution in [0.15, 0.2) is 18.2 Å². The number of nitrogens with zero attached hydrogens (tertiary/aromatic N) is 2. The van der Waals surface area contributed by atoms with E-state index < -0.39 is 5.97 Å². The van der Waals surface area contributed by atoms with E-state index in [9.17, 15) is 4.79 Å². The number of carbonyl (C=O) groups is 1. The molecule has 0 atom stereocenters. The SMILES string of the molecule is CCCc1nc2cc(C(=O)O)ccc2n1CCCOCC. The molecular weight excluding hydrogens is 268 g/mol. The van der Waals surface area contributed by atoms with Crippen LogP contribution in [0.4, 0.5) is 0 Å². The van der Waals surface area contributed by atoms with Gasteiger partial charge in [-0.2, -0.15) is 0 Å². The van der Waals surface area contributed by atoms with E-state index in [0.717, 1.165) is 55.9 Å². The summed E-state index contributed by atoms with van der Waals surface area (Å²) < 4.78 is 7.57. The van der Waals surface area contributed by atoms with Gasteiger partial charge in [0.1, 0.15) is 5.82 Å². The summed E-state index contributed by atoms with van der Waals surface area (Å²) in [6.45, 7) is 6.41. The Balaban J connectivity index is 2.31. The fourth-order valence-corrected chi connectivity index (χ4v) is 2.45. The molecular formula is C16H22N2O3. The van der Waals surface area contributed by atoms with Crippen molar-refractivity contribution >= 4 is 17.0 Å². The van der Waals surface area contributed by atoms with Crippen LogP contribution in [0.1, 0.15) is 42.9 Å². The fraction of sp³-hybridized carbons (Fsp3) is 0.500. The van der Waals surface area contributed by atoms with Crippen LogP contribution in [0, 0.1) is 0 Å². The van der Waals surface area contributed by atoms with E-state index in [1.54, 1.807) is 12.1 Å². The summed E-state index contributed by atoms with van der Waals surface area (Å²) in [5, 5.41) is 9.07. The van der Waals surface area contributed by atoms with Gasteiger partial charge in [0.25, 0.3) is 0 Å². The lowest BCUT2D eigenvalue weighted by Gasteiger charge is -2.08. The average molecular weight is 290 g/mol. The van der Waals surface area contributed by atoms with Gasteiger partial charge in [-0.1, -0.05) is 6.92 Å². The second-order valence-corrected chi connectivity index (χ2v) is 4.99. The summed E-state index contributed by atoms with van der Waals surface area (Å²) in [6, 6.07) is 5.14. The van der Waals surface area contributed by atoms with Gasteiger partial charge >= 0.3 is 5.97 Å². The molecule has 0 fully saturated rings. The number of benzene rings is 1. The number of hydrogen-bond acceptors (Lipinski definition) is 3. The number of rotatable bonds is 8. The molecule has 0 spiro atoms. The first-order valence-electron chi connectivity index (χ1n) is 7.47. The first-order chi connectivity index (χ1) is 10.2. The van der Waals surface area contributed by atoms with Crippen molar-refractivity contribution in [1.29, 1.82) is 0 Å². The molecule has 5 nitrogen and oxygen atoms in total. The lowest BCUT2D eigenvalue weighted by molar-refractivity contribution is 0.0697.